The Morgan fingerprint density at radius 1 is 1.03 bits per heavy atom. The topological polar surface area (TPSA) is 97.7 Å². The predicted octanol–water partition coefficient (Wildman–Crippen LogP) is 4.59. The lowest BCUT2D eigenvalue weighted by Gasteiger charge is -2.24. The number of aromatic nitrogens is 3. The Hall–Kier alpha value is -3.49. The van der Waals surface area contributed by atoms with E-state index in [1.807, 2.05) is 55.5 Å². The number of hydrogen-bond donors (Lipinski definition) is 1. The zero-order valence-electron chi connectivity index (χ0n) is 18.5. The van der Waals surface area contributed by atoms with Crippen LogP contribution in [-0.2, 0) is 17.8 Å². The maximum atomic E-state index is 10.3. The van der Waals surface area contributed by atoms with E-state index in [2.05, 4.69) is 20.3 Å². The minimum atomic E-state index is 0.156. The maximum absolute atomic E-state index is 10.3. The Morgan fingerprint density at radius 3 is 2.64 bits per heavy atom. The SMILES string of the molecule is Cc1onc(-c2ccccc2)c1-c1nnc(CN(Cc2ccccc2O)CC2CCCO2)o1. The lowest BCUT2D eigenvalue weighted by molar-refractivity contribution is 0.0646. The molecular weight excluding hydrogens is 420 g/mol. The van der Waals surface area contributed by atoms with Crippen molar-refractivity contribution in [3.8, 4) is 28.5 Å². The number of para-hydroxylation sites is 1. The molecule has 0 amide bonds. The van der Waals surface area contributed by atoms with Gasteiger partial charge in [-0.3, -0.25) is 4.90 Å². The van der Waals surface area contributed by atoms with Crippen LogP contribution < -0.4 is 0 Å². The summed E-state index contributed by atoms with van der Waals surface area (Å²) in [6, 6.07) is 17.1. The molecule has 0 bridgehead atoms. The van der Waals surface area contributed by atoms with Crippen LogP contribution >= 0.6 is 0 Å². The van der Waals surface area contributed by atoms with Crippen molar-refractivity contribution in [1.82, 2.24) is 20.3 Å². The molecule has 2 aromatic carbocycles. The number of aryl methyl sites for hydroxylation is 1. The fraction of sp³-hybridized carbons (Fsp3) is 0.320. The third kappa shape index (κ3) is 4.81. The molecule has 33 heavy (non-hydrogen) atoms. The van der Waals surface area contributed by atoms with E-state index < -0.39 is 0 Å². The molecule has 5 rings (SSSR count). The summed E-state index contributed by atoms with van der Waals surface area (Å²) in [7, 11) is 0. The molecule has 8 heteroatoms. The number of aromatic hydroxyl groups is 1. The summed E-state index contributed by atoms with van der Waals surface area (Å²) in [6.45, 7) is 4.32. The number of ether oxygens (including phenoxy) is 1. The second kappa shape index (κ2) is 9.56. The van der Waals surface area contributed by atoms with Crippen LogP contribution in [0.1, 0.15) is 30.1 Å². The van der Waals surface area contributed by atoms with Crippen LogP contribution in [0.4, 0.5) is 0 Å². The molecule has 1 aliphatic rings. The van der Waals surface area contributed by atoms with Crippen molar-refractivity contribution >= 4 is 0 Å². The van der Waals surface area contributed by atoms with E-state index in [0.717, 1.165) is 30.6 Å². The minimum Gasteiger partial charge on any atom is -0.508 e. The highest BCUT2D eigenvalue weighted by molar-refractivity contribution is 5.77. The van der Waals surface area contributed by atoms with Crippen LogP contribution in [0.3, 0.4) is 0 Å². The monoisotopic (exact) mass is 446 g/mol. The van der Waals surface area contributed by atoms with Gasteiger partial charge in [0.25, 0.3) is 5.89 Å². The van der Waals surface area contributed by atoms with E-state index in [4.69, 9.17) is 13.7 Å². The summed E-state index contributed by atoms with van der Waals surface area (Å²) in [6.07, 6.45) is 2.24. The number of benzene rings is 2. The first-order chi connectivity index (χ1) is 16.2. The third-order valence-electron chi connectivity index (χ3n) is 5.82. The third-order valence-corrected chi connectivity index (χ3v) is 5.82. The number of hydrogen-bond acceptors (Lipinski definition) is 8. The summed E-state index contributed by atoms with van der Waals surface area (Å²) in [5.41, 5.74) is 3.14. The number of rotatable bonds is 8. The van der Waals surface area contributed by atoms with Gasteiger partial charge in [-0.2, -0.15) is 0 Å². The van der Waals surface area contributed by atoms with Crippen LogP contribution in [0.2, 0.25) is 0 Å². The van der Waals surface area contributed by atoms with Gasteiger partial charge < -0.3 is 18.8 Å². The van der Waals surface area contributed by atoms with Gasteiger partial charge >= 0.3 is 0 Å². The molecule has 1 aliphatic heterocycles. The van der Waals surface area contributed by atoms with Crippen LogP contribution in [0.15, 0.2) is 63.5 Å². The normalized spacial score (nSPS) is 16.0. The second-order valence-corrected chi connectivity index (χ2v) is 8.26. The number of nitrogens with zero attached hydrogens (tertiary/aromatic N) is 4. The van der Waals surface area contributed by atoms with Crippen molar-refractivity contribution < 1.29 is 18.8 Å². The van der Waals surface area contributed by atoms with Gasteiger partial charge in [0.15, 0.2) is 0 Å². The summed E-state index contributed by atoms with van der Waals surface area (Å²) in [5, 5.41) is 23.1. The average Bonchev–Trinajstić information content (AvgIpc) is 3.58. The van der Waals surface area contributed by atoms with Crippen molar-refractivity contribution in [2.75, 3.05) is 13.2 Å². The molecule has 170 valence electrons. The van der Waals surface area contributed by atoms with Crippen LogP contribution in [0, 0.1) is 6.92 Å². The van der Waals surface area contributed by atoms with Gasteiger partial charge in [0, 0.05) is 30.8 Å². The highest BCUT2D eigenvalue weighted by Gasteiger charge is 2.24. The summed E-state index contributed by atoms with van der Waals surface area (Å²) in [5.74, 6) is 1.75. The van der Waals surface area contributed by atoms with Gasteiger partial charge in [-0.1, -0.05) is 53.7 Å². The molecule has 2 aromatic heterocycles. The van der Waals surface area contributed by atoms with Gasteiger partial charge in [-0.25, -0.2) is 0 Å². The molecule has 0 spiro atoms. The van der Waals surface area contributed by atoms with E-state index in [-0.39, 0.29) is 11.9 Å². The van der Waals surface area contributed by atoms with E-state index in [1.165, 1.54) is 0 Å². The van der Waals surface area contributed by atoms with E-state index in [9.17, 15) is 5.11 Å². The molecular formula is C25H26N4O4. The molecule has 1 atom stereocenters. The quantitative estimate of drug-likeness (QED) is 0.420. The fourth-order valence-electron chi connectivity index (χ4n) is 4.17. The molecule has 1 fully saturated rings. The summed E-state index contributed by atoms with van der Waals surface area (Å²) < 4.78 is 17.4. The van der Waals surface area contributed by atoms with Crippen LogP contribution in [-0.4, -0.2) is 44.6 Å². The van der Waals surface area contributed by atoms with Crippen molar-refractivity contribution in [1.29, 1.82) is 0 Å². The standard InChI is InChI=1S/C25H26N4O4/c1-17-23(24(28-33-17)18-8-3-2-4-9-18)25-27-26-22(32-25)16-29(15-20-11-7-13-31-20)14-19-10-5-6-12-21(19)30/h2-6,8-10,12,20,30H,7,11,13-16H2,1H3. The van der Waals surface area contributed by atoms with E-state index in [1.54, 1.807) is 6.07 Å². The van der Waals surface area contributed by atoms with Crippen LogP contribution in [0.5, 0.6) is 5.75 Å². The van der Waals surface area contributed by atoms with Crippen molar-refractivity contribution in [2.24, 2.45) is 0 Å². The van der Waals surface area contributed by atoms with E-state index in [0.29, 0.717) is 48.4 Å². The molecule has 1 N–H and O–H groups in total. The molecule has 1 unspecified atom stereocenters. The zero-order valence-corrected chi connectivity index (χ0v) is 18.5. The largest absolute Gasteiger partial charge is 0.508 e. The smallest absolute Gasteiger partial charge is 0.253 e. The zero-order chi connectivity index (χ0) is 22.6. The van der Waals surface area contributed by atoms with Crippen molar-refractivity contribution in [3.05, 3.63) is 71.8 Å². The molecule has 1 saturated heterocycles. The first-order valence-corrected chi connectivity index (χ1v) is 11.1. The Balaban J connectivity index is 1.39. The molecule has 4 aromatic rings. The van der Waals surface area contributed by atoms with Crippen molar-refractivity contribution in [3.63, 3.8) is 0 Å². The second-order valence-electron chi connectivity index (χ2n) is 8.26. The minimum absolute atomic E-state index is 0.156. The first kappa shape index (κ1) is 21.4. The molecule has 0 aliphatic carbocycles. The molecule has 3 heterocycles. The highest BCUT2D eigenvalue weighted by Crippen LogP contribution is 2.33. The summed E-state index contributed by atoms with van der Waals surface area (Å²) >= 11 is 0. The van der Waals surface area contributed by atoms with E-state index >= 15 is 0 Å². The lowest BCUT2D eigenvalue weighted by Crippen LogP contribution is -2.31. The Labute approximate surface area is 191 Å². The molecule has 0 saturated carbocycles. The van der Waals surface area contributed by atoms with Gasteiger partial charge in [0.05, 0.1) is 12.6 Å². The van der Waals surface area contributed by atoms with Gasteiger partial charge in [-0.05, 0) is 25.8 Å². The lowest BCUT2D eigenvalue weighted by atomic mass is 10.1. The fourth-order valence-corrected chi connectivity index (χ4v) is 4.17. The van der Waals surface area contributed by atoms with Gasteiger partial charge in [-0.15, -0.1) is 10.2 Å². The first-order valence-electron chi connectivity index (χ1n) is 11.1. The highest BCUT2D eigenvalue weighted by atomic mass is 16.5. The number of phenolic OH excluding ortho intramolecular Hbond substituents is 1. The summed E-state index contributed by atoms with van der Waals surface area (Å²) in [4.78, 5) is 2.17. The number of phenols is 1. The Kier molecular flexibility index (Phi) is 6.19. The maximum Gasteiger partial charge on any atom is 0.253 e. The average molecular weight is 447 g/mol. The Morgan fingerprint density at radius 2 is 1.85 bits per heavy atom. The van der Waals surface area contributed by atoms with Gasteiger partial charge in [0.1, 0.15) is 22.8 Å². The van der Waals surface area contributed by atoms with Gasteiger partial charge in [0.2, 0.25) is 5.89 Å². The molecule has 0 radical (unpaired) electrons. The Bertz CT molecular complexity index is 1200. The predicted molar refractivity (Wildman–Crippen MR) is 121 cm³/mol. The van der Waals surface area contributed by atoms with Crippen LogP contribution in [0.25, 0.3) is 22.7 Å². The van der Waals surface area contributed by atoms with Crippen molar-refractivity contribution in [2.45, 2.75) is 39.0 Å². The molecule has 8 nitrogen and oxygen atoms in total.